The van der Waals surface area contributed by atoms with Gasteiger partial charge in [0.15, 0.2) is 0 Å². The third-order valence-corrected chi connectivity index (χ3v) is 2.25. The highest BCUT2D eigenvalue weighted by Gasteiger charge is 2.11. The minimum Gasteiger partial charge on any atom is -0.266 e. The zero-order valence-corrected chi connectivity index (χ0v) is 8.11. The summed E-state index contributed by atoms with van der Waals surface area (Å²) < 4.78 is 13.4. The van der Waals surface area contributed by atoms with Crippen LogP contribution in [0.15, 0.2) is 41.4 Å². The fourth-order valence-electron chi connectivity index (χ4n) is 1.55. The van der Waals surface area contributed by atoms with Gasteiger partial charge in [-0.15, -0.1) is 4.99 Å². The summed E-state index contributed by atoms with van der Waals surface area (Å²) in [6.07, 6.45) is 1.18. The summed E-state index contributed by atoms with van der Waals surface area (Å²) in [7, 11) is 0. The van der Waals surface area contributed by atoms with Crippen LogP contribution in [0.4, 0.5) is 4.39 Å². The smallest absolute Gasteiger partial charge is 0.266 e. The third kappa shape index (κ3) is 1.62. The van der Waals surface area contributed by atoms with Crippen LogP contribution in [0.1, 0.15) is 10.4 Å². The van der Waals surface area contributed by atoms with E-state index in [0.29, 0.717) is 10.8 Å². The molecule has 0 spiro atoms. The maximum Gasteiger partial charge on any atom is 0.288 e. The summed E-state index contributed by atoms with van der Waals surface area (Å²) in [5.74, 6) is -1.13. The molecule has 16 heavy (non-hydrogen) atoms. The minimum atomic E-state index is -0.716. The summed E-state index contributed by atoms with van der Waals surface area (Å²) in [5, 5.41) is 0.765. The summed E-state index contributed by atoms with van der Waals surface area (Å²) in [6.45, 7) is 0. The number of carbonyl (C=O) groups is 1. The van der Waals surface area contributed by atoms with E-state index in [1.165, 1.54) is 18.2 Å². The van der Waals surface area contributed by atoms with E-state index in [1.54, 1.807) is 24.3 Å². The molecule has 0 N–H and O–H groups in total. The fraction of sp³-hybridized carbons (Fsp3) is 0. The molecule has 2 aromatic rings. The van der Waals surface area contributed by atoms with Crippen LogP contribution >= 0.6 is 0 Å². The van der Waals surface area contributed by atoms with Crippen molar-refractivity contribution < 1.29 is 14.0 Å². The standard InChI is InChI=1S/C12H6FNO2/c13-11-6-5-10(12(16)14-7-15)8-3-1-2-4-9(8)11/h1-6H. The number of fused-ring (bicyclic) bond motifs is 1. The molecule has 1 amide bonds. The normalized spacial score (nSPS) is 9.81. The van der Waals surface area contributed by atoms with Gasteiger partial charge in [-0.2, -0.15) is 0 Å². The van der Waals surface area contributed by atoms with Crippen molar-refractivity contribution in [3.63, 3.8) is 0 Å². The molecular formula is C12H6FNO2. The Morgan fingerprint density at radius 3 is 2.50 bits per heavy atom. The second-order valence-corrected chi connectivity index (χ2v) is 3.15. The van der Waals surface area contributed by atoms with Gasteiger partial charge < -0.3 is 0 Å². The summed E-state index contributed by atoms with van der Waals surface area (Å²) in [6, 6.07) is 9.00. The van der Waals surface area contributed by atoms with E-state index in [0.717, 1.165) is 0 Å². The summed E-state index contributed by atoms with van der Waals surface area (Å²) in [4.78, 5) is 24.4. The highest BCUT2D eigenvalue weighted by molar-refractivity contribution is 6.08. The first kappa shape index (κ1) is 10.2. The predicted molar refractivity (Wildman–Crippen MR) is 56.4 cm³/mol. The molecule has 0 atom stereocenters. The number of halogens is 1. The maximum absolute atomic E-state index is 13.4. The molecule has 0 bridgehead atoms. The Bertz CT molecular complexity index is 615. The van der Waals surface area contributed by atoms with Gasteiger partial charge in [-0.05, 0) is 17.5 Å². The van der Waals surface area contributed by atoms with Gasteiger partial charge in [0.1, 0.15) is 5.82 Å². The van der Waals surface area contributed by atoms with E-state index < -0.39 is 11.7 Å². The lowest BCUT2D eigenvalue weighted by Gasteiger charge is -2.02. The molecule has 0 aromatic heterocycles. The third-order valence-electron chi connectivity index (χ3n) is 2.25. The number of isocyanates is 1. The Labute approximate surface area is 90.2 Å². The van der Waals surface area contributed by atoms with Crippen molar-refractivity contribution in [2.24, 2.45) is 4.99 Å². The molecule has 0 aliphatic carbocycles. The van der Waals surface area contributed by atoms with E-state index in [1.807, 2.05) is 0 Å². The number of nitrogens with zero attached hydrogens (tertiary/aromatic N) is 1. The second kappa shape index (κ2) is 4.04. The molecule has 2 aromatic carbocycles. The Balaban J connectivity index is 2.77. The van der Waals surface area contributed by atoms with Crippen molar-refractivity contribution in [1.82, 2.24) is 0 Å². The topological polar surface area (TPSA) is 46.5 Å². The molecule has 0 saturated carbocycles. The average Bonchev–Trinajstić information content (AvgIpc) is 2.30. The first-order valence-electron chi connectivity index (χ1n) is 4.53. The number of hydrogen-bond acceptors (Lipinski definition) is 2. The molecule has 0 saturated heterocycles. The van der Waals surface area contributed by atoms with Crippen LogP contribution in [0, 0.1) is 5.82 Å². The molecule has 0 aliphatic heterocycles. The summed E-state index contributed by atoms with van der Waals surface area (Å²) in [5.41, 5.74) is 0.195. The zero-order chi connectivity index (χ0) is 11.5. The van der Waals surface area contributed by atoms with Crippen LogP contribution in [-0.4, -0.2) is 12.0 Å². The van der Waals surface area contributed by atoms with E-state index in [2.05, 4.69) is 4.99 Å². The van der Waals surface area contributed by atoms with Gasteiger partial charge in [0.25, 0.3) is 5.91 Å². The second-order valence-electron chi connectivity index (χ2n) is 3.15. The van der Waals surface area contributed by atoms with Gasteiger partial charge in [0.2, 0.25) is 6.08 Å². The fourth-order valence-corrected chi connectivity index (χ4v) is 1.55. The average molecular weight is 215 g/mol. The van der Waals surface area contributed by atoms with Crippen molar-refractivity contribution in [2.45, 2.75) is 0 Å². The molecule has 0 aliphatic rings. The largest absolute Gasteiger partial charge is 0.288 e. The first-order valence-corrected chi connectivity index (χ1v) is 4.53. The number of carbonyl (C=O) groups excluding carboxylic acids is 2. The number of benzene rings is 2. The number of aliphatic imine (C=N–C) groups is 1. The van der Waals surface area contributed by atoms with E-state index in [4.69, 9.17) is 0 Å². The van der Waals surface area contributed by atoms with Gasteiger partial charge in [-0.1, -0.05) is 24.3 Å². The van der Waals surface area contributed by atoms with Gasteiger partial charge >= 0.3 is 0 Å². The van der Waals surface area contributed by atoms with Crippen molar-refractivity contribution in [3.05, 3.63) is 47.8 Å². The zero-order valence-electron chi connectivity index (χ0n) is 8.11. The Kier molecular flexibility index (Phi) is 2.58. The van der Waals surface area contributed by atoms with Crippen LogP contribution in [0.3, 0.4) is 0 Å². The van der Waals surface area contributed by atoms with Crippen LogP contribution in [0.25, 0.3) is 10.8 Å². The van der Waals surface area contributed by atoms with Gasteiger partial charge in [0.05, 0.1) is 5.56 Å². The molecule has 4 heteroatoms. The van der Waals surface area contributed by atoms with Crippen molar-refractivity contribution in [2.75, 3.05) is 0 Å². The lowest BCUT2D eigenvalue weighted by Crippen LogP contribution is -1.96. The molecule has 0 radical (unpaired) electrons. The number of hydrogen-bond donors (Lipinski definition) is 0. The highest BCUT2D eigenvalue weighted by atomic mass is 19.1. The van der Waals surface area contributed by atoms with Crippen LogP contribution < -0.4 is 0 Å². The molecular weight excluding hydrogens is 209 g/mol. The number of rotatable bonds is 1. The first-order chi connectivity index (χ1) is 7.74. The monoisotopic (exact) mass is 215 g/mol. The van der Waals surface area contributed by atoms with Crippen LogP contribution in [0.5, 0.6) is 0 Å². The van der Waals surface area contributed by atoms with Crippen LogP contribution in [0.2, 0.25) is 0 Å². The van der Waals surface area contributed by atoms with Gasteiger partial charge in [0, 0.05) is 5.39 Å². The molecule has 0 heterocycles. The lowest BCUT2D eigenvalue weighted by molar-refractivity contribution is 0.100. The molecule has 0 fully saturated rings. The quantitative estimate of drug-likeness (QED) is 0.541. The molecule has 3 nitrogen and oxygen atoms in total. The summed E-state index contributed by atoms with van der Waals surface area (Å²) >= 11 is 0. The molecule has 0 unspecified atom stereocenters. The SMILES string of the molecule is O=C=NC(=O)c1ccc(F)c2ccccc12. The maximum atomic E-state index is 13.4. The van der Waals surface area contributed by atoms with Crippen molar-refractivity contribution >= 4 is 22.8 Å². The van der Waals surface area contributed by atoms with Gasteiger partial charge in [-0.3, -0.25) is 4.79 Å². The molecule has 2 rings (SSSR count). The Hall–Kier alpha value is -2.32. The van der Waals surface area contributed by atoms with E-state index in [-0.39, 0.29) is 5.56 Å². The van der Waals surface area contributed by atoms with Crippen molar-refractivity contribution in [3.8, 4) is 0 Å². The van der Waals surface area contributed by atoms with Crippen molar-refractivity contribution in [1.29, 1.82) is 0 Å². The van der Waals surface area contributed by atoms with E-state index in [9.17, 15) is 14.0 Å². The van der Waals surface area contributed by atoms with Crippen LogP contribution in [-0.2, 0) is 4.79 Å². The van der Waals surface area contributed by atoms with Gasteiger partial charge in [-0.25, -0.2) is 9.18 Å². The Morgan fingerprint density at radius 1 is 1.12 bits per heavy atom. The Morgan fingerprint density at radius 2 is 1.81 bits per heavy atom. The lowest BCUT2D eigenvalue weighted by atomic mass is 10.0. The van der Waals surface area contributed by atoms with E-state index >= 15 is 0 Å². The number of amides is 1. The predicted octanol–water partition coefficient (Wildman–Crippen LogP) is 2.45. The highest BCUT2D eigenvalue weighted by Crippen LogP contribution is 2.22. The molecule has 78 valence electrons. The minimum absolute atomic E-state index is 0.195.